The third-order valence-electron chi connectivity index (χ3n) is 6.86. The standard InChI is InChI=1S/C26H34N4O2/c1-20-21(2)27-26(32)30(25(20)31)15-9-14-28-16-18-29(19-17-28)24(22-10-5-3-6-11-22)23-12-7-4-8-13-23/h3-8,10-13,20-21,24H,9,14-19H2,1-2H3,(H,27,32). The van der Waals surface area contributed by atoms with E-state index in [0.717, 1.165) is 39.1 Å². The van der Waals surface area contributed by atoms with E-state index in [-0.39, 0.29) is 29.9 Å². The molecule has 6 nitrogen and oxygen atoms in total. The second kappa shape index (κ2) is 10.3. The predicted octanol–water partition coefficient (Wildman–Crippen LogP) is 3.36. The van der Waals surface area contributed by atoms with Crippen molar-refractivity contribution in [3.8, 4) is 0 Å². The maximum atomic E-state index is 12.5. The van der Waals surface area contributed by atoms with E-state index in [2.05, 4.69) is 75.8 Å². The molecule has 0 aromatic heterocycles. The van der Waals surface area contributed by atoms with E-state index in [0.29, 0.717) is 6.54 Å². The Morgan fingerprint density at radius 3 is 1.97 bits per heavy atom. The van der Waals surface area contributed by atoms with E-state index >= 15 is 0 Å². The lowest BCUT2D eigenvalue weighted by Crippen LogP contribution is -2.58. The number of amides is 3. The normalized spacial score (nSPS) is 22.9. The van der Waals surface area contributed by atoms with E-state index in [1.165, 1.54) is 16.0 Å². The average molecular weight is 435 g/mol. The lowest BCUT2D eigenvalue weighted by molar-refractivity contribution is -0.134. The van der Waals surface area contributed by atoms with Crippen molar-refractivity contribution in [1.82, 2.24) is 20.0 Å². The first-order chi connectivity index (χ1) is 15.5. The van der Waals surface area contributed by atoms with E-state index in [9.17, 15) is 9.59 Å². The van der Waals surface area contributed by atoms with Crippen molar-refractivity contribution in [3.05, 3.63) is 71.8 Å². The van der Waals surface area contributed by atoms with Gasteiger partial charge in [0.25, 0.3) is 0 Å². The minimum absolute atomic E-state index is 0.0559. The van der Waals surface area contributed by atoms with Gasteiger partial charge >= 0.3 is 6.03 Å². The first kappa shape index (κ1) is 22.5. The van der Waals surface area contributed by atoms with Gasteiger partial charge in [0, 0.05) is 38.8 Å². The van der Waals surface area contributed by atoms with Crippen molar-refractivity contribution in [3.63, 3.8) is 0 Å². The van der Waals surface area contributed by atoms with Gasteiger partial charge in [0.15, 0.2) is 0 Å². The second-order valence-corrected chi connectivity index (χ2v) is 8.97. The maximum Gasteiger partial charge on any atom is 0.324 e. The number of benzene rings is 2. The first-order valence-electron chi connectivity index (χ1n) is 11.7. The molecule has 0 aliphatic carbocycles. The predicted molar refractivity (Wildman–Crippen MR) is 126 cm³/mol. The summed E-state index contributed by atoms with van der Waals surface area (Å²) < 4.78 is 0. The third-order valence-corrected chi connectivity index (χ3v) is 6.86. The van der Waals surface area contributed by atoms with Crippen LogP contribution < -0.4 is 5.32 Å². The quantitative estimate of drug-likeness (QED) is 0.726. The van der Waals surface area contributed by atoms with Crippen molar-refractivity contribution in [1.29, 1.82) is 0 Å². The van der Waals surface area contributed by atoms with Crippen LogP contribution in [-0.4, -0.2) is 71.9 Å². The second-order valence-electron chi connectivity index (χ2n) is 8.97. The SMILES string of the molecule is CC1NC(=O)N(CCCN2CCN(C(c3ccccc3)c3ccccc3)CC2)C(=O)C1C. The number of nitrogens with zero attached hydrogens (tertiary/aromatic N) is 3. The smallest absolute Gasteiger partial charge is 0.324 e. The van der Waals surface area contributed by atoms with E-state index in [4.69, 9.17) is 0 Å². The molecule has 2 unspecified atom stereocenters. The third kappa shape index (κ3) is 5.03. The summed E-state index contributed by atoms with van der Waals surface area (Å²) in [5, 5.41) is 2.89. The topological polar surface area (TPSA) is 55.9 Å². The summed E-state index contributed by atoms with van der Waals surface area (Å²) in [5.41, 5.74) is 2.65. The molecule has 0 radical (unpaired) electrons. The largest absolute Gasteiger partial charge is 0.334 e. The molecule has 2 fully saturated rings. The Balaban J connectivity index is 1.31. The fraction of sp³-hybridized carbons (Fsp3) is 0.462. The molecular formula is C26H34N4O2. The van der Waals surface area contributed by atoms with Crippen LogP contribution >= 0.6 is 0 Å². The van der Waals surface area contributed by atoms with Crippen molar-refractivity contribution in [2.75, 3.05) is 39.3 Å². The van der Waals surface area contributed by atoms with Gasteiger partial charge in [-0.1, -0.05) is 67.6 Å². The Morgan fingerprint density at radius 2 is 1.41 bits per heavy atom. The molecule has 1 N–H and O–H groups in total. The summed E-state index contributed by atoms with van der Waals surface area (Å²) in [6.07, 6.45) is 0.807. The number of imide groups is 1. The van der Waals surface area contributed by atoms with Crippen LogP contribution in [0.5, 0.6) is 0 Å². The lowest BCUT2D eigenvalue weighted by Gasteiger charge is -2.40. The van der Waals surface area contributed by atoms with Crippen LogP contribution in [0.15, 0.2) is 60.7 Å². The number of rotatable bonds is 7. The minimum Gasteiger partial charge on any atom is -0.334 e. The Labute approximate surface area is 191 Å². The highest BCUT2D eigenvalue weighted by molar-refractivity contribution is 5.98. The van der Waals surface area contributed by atoms with E-state index < -0.39 is 0 Å². The first-order valence-corrected chi connectivity index (χ1v) is 11.7. The summed E-state index contributed by atoms with van der Waals surface area (Å²) >= 11 is 0. The highest BCUT2D eigenvalue weighted by atomic mass is 16.2. The molecule has 0 saturated carbocycles. The summed E-state index contributed by atoms with van der Waals surface area (Å²) in [4.78, 5) is 31.1. The van der Waals surface area contributed by atoms with Crippen molar-refractivity contribution in [2.45, 2.75) is 32.4 Å². The van der Waals surface area contributed by atoms with E-state index in [1.807, 2.05) is 13.8 Å². The molecule has 2 aromatic carbocycles. The highest BCUT2D eigenvalue weighted by Gasteiger charge is 2.35. The summed E-state index contributed by atoms with van der Waals surface area (Å²) in [7, 11) is 0. The molecule has 2 aromatic rings. The number of nitrogens with one attached hydrogen (secondary N) is 1. The molecule has 32 heavy (non-hydrogen) atoms. The minimum atomic E-state index is -0.251. The van der Waals surface area contributed by atoms with Crippen LogP contribution in [0.4, 0.5) is 4.79 Å². The fourth-order valence-electron chi connectivity index (χ4n) is 4.75. The molecule has 2 atom stereocenters. The van der Waals surface area contributed by atoms with Gasteiger partial charge in [0.2, 0.25) is 5.91 Å². The summed E-state index contributed by atoms with van der Waals surface area (Å²) in [6.45, 7) is 9.12. The summed E-state index contributed by atoms with van der Waals surface area (Å²) in [6, 6.07) is 21.4. The zero-order valence-electron chi connectivity index (χ0n) is 19.1. The van der Waals surface area contributed by atoms with Crippen LogP contribution in [0.1, 0.15) is 37.4 Å². The van der Waals surface area contributed by atoms with Crippen LogP contribution in [0.2, 0.25) is 0 Å². The zero-order valence-corrected chi connectivity index (χ0v) is 19.1. The lowest BCUT2D eigenvalue weighted by atomic mass is 9.96. The van der Waals surface area contributed by atoms with Crippen LogP contribution in [0, 0.1) is 5.92 Å². The van der Waals surface area contributed by atoms with Gasteiger partial charge in [-0.2, -0.15) is 0 Å². The molecule has 2 saturated heterocycles. The summed E-state index contributed by atoms with van der Waals surface area (Å²) in [5.74, 6) is -0.219. The molecule has 170 valence electrons. The number of carbonyl (C=O) groups excluding carboxylic acids is 2. The van der Waals surface area contributed by atoms with Crippen molar-refractivity contribution >= 4 is 11.9 Å². The molecular weight excluding hydrogens is 400 g/mol. The molecule has 0 spiro atoms. The van der Waals surface area contributed by atoms with Gasteiger partial charge in [0.05, 0.1) is 12.0 Å². The number of carbonyl (C=O) groups is 2. The number of urea groups is 1. The number of hydrogen-bond donors (Lipinski definition) is 1. The van der Waals surface area contributed by atoms with Gasteiger partial charge in [-0.05, 0) is 31.0 Å². The molecule has 0 bridgehead atoms. The average Bonchev–Trinajstić information content (AvgIpc) is 2.82. The molecule has 2 aliphatic heterocycles. The van der Waals surface area contributed by atoms with Gasteiger partial charge in [-0.25, -0.2) is 4.79 Å². The molecule has 3 amide bonds. The molecule has 2 aliphatic rings. The molecule has 4 rings (SSSR count). The molecule has 2 heterocycles. The van der Waals surface area contributed by atoms with Gasteiger partial charge in [-0.15, -0.1) is 0 Å². The number of piperazine rings is 1. The zero-order chi connectivity index (χ0) is 22.5. The monoisotopic (exact) mass is 434 g/mol. The van der Waals surface area contributed by atoms with Gasteiger partial charge in [0.1, 0.15) is 0 Å². The van der Waals surface area contributed by atoms with Crippen molar-refractivity contribution < 1.29 is 9.59 Å². The Hall–Kier alpha value is -2.70. The van der Waals surface area contributed by atoms with Crippen LogP contribution in [0.25, 0.3) is 0 Å². The fourth-order valence-corrected chi connectivity index (χ4v) is 4.75. The maximum absolute atomic E-state index is 12.5. The van der Waals surface area contributed by atoms with Crippen molar-refractivity contribution in [2.24, 2.45) is 5.92 Å². The Morgan fingerprint density at radius 1 is 0.844 bits per heavy atom. The van der Waals surface area contributed by atoms with Gasteiger partial charge < -0.3 is 10.2 Å². The Kier molecular flexibility index (Phi) is 7.22. The van der Waals surface area contributed by atoms with E-state index in [1.54, 1.807) is 0 Å². The highest BCUT2D eigenvalue weighted by Crippen LogP contribution is 2.29. The van der Waals surface area contributed by atoms with Gasteiger partial charge in [-0.3, -0.25) is 14.6 Å². The molecule has 6 heteroatoms. The Bertz CT molecular complexity index is 857. The van der Waals surface area contributed by atoms with Crippen LogP contribution in [0.3, 0.4) is 0 Å². The van der Waals surface area contributed by atoms with Crippen LogP contribution in [-0.2, 0) is 4.79 Å². The number of hydrogen-bond acceptors (Lipinski definition) is 4.